The fourth-order valence-corrected chi connectivity index (χ4v) is 3.07. The first-order chi connectivity index (χ1) is 13.5. The number of hydrogen-bond donors (Lipinski definition) is 2. The van der Waals surface area contributed by atoms with Crippen LogP contribution in [-0.4, -0.2) is 40.8 Å². The second-order valence-electron chi connectivity index (χ2n) is 5.76. The van der Waals surface area contributed by atoms with E-state index in [2.05, 4.69) is 15.7 Å². The minimum Gasteiger partial charge on any atom is -0.448 e. The number of rotatable bonds is 5. The molecule has 0 aliphatic rings. The van der Waals surface area contributed by atoms with Gasteiger partial charge in [-0.15, -0.1) is 11.3 Å². The van der Waals surface area contributed by atoms with Crippen LogP contribution in [0.4, 0.5) is 4.79 Å². The average Bonchev–Trinajstić information content (AvgIpc) is 3.38. The maximum Gasteiger partial charge on any atom is 0.357 e. The Hall–Kier alpha value is -3.46. The van der Waals surface area contributed by atoms with Crippen molar-refractivity contribution in [3.05, 3.63) is 59.6 Å². The van der Waals surface area contributed by atoms with Crippen LogP contribution in [0.1, 0.15) is 17.4 Å². The zero-order chi connectivity index (χ0) is 20.1. The van der Waals surface area contributed by atoms with E-state index in [0.29, 0.717) is 11.4 Å². The lowest BCUT2D eigenvalue weighted by atomic mass is 10.3. The fraction of sp³-hybridized carbons (Fsp3) is 0.158. The van der Waals surface area contributed by atoms with Gasteiger partial charge in [0.25, 0.3) is 5.91 Å². The van der Waals surface area contributed by atoms with Gasteiger partial charge in [-0.25, -0.2) is 14.3 Å². The van der Waals surface area contributed by atoms with E-state index in [4.69, 9.17) is 4.74 Å². The van der Waals surface area contributed by atoms with Gasteiger partial charge < -0.3 is 10.1 Å². The van der Waals surface area contributed by atoms with E-state index < -0.39 is 24.0 Å². The molecule has 0 saturated carbocycles. The number of benzene rings is 1. The molecule has 0 spiro atoms. The monoisotopic (exact) mass is 398 g/mol. The highest BCUT2D eigenvalue weighted by atomic mass is 32.1. The molecule has 0 aliphatic heterocycles. The summed E-state index contributed by atoms with van der Waals surface area (Å²) in [5.41, 5.74) is 1.47. The smallest absolute Gasteiger partial charge is 0.357 e. The first-order valence-corrected chi connectivity index (χ1v) is 9.30. The first kappa shape index (κ1) is 19.3. The second-order valence-corrected chi connectivity index (χ2v) is 6.70. The van der Waals surface area contributed by atoms with E-state index in [-0.39, 0.29) is 5.69 Å². The molecule has 3 amide bonds. The Bertz CT molecular complexity index is 983. The van der Waals surface area contributed by atoms with Gasteiger partial charge in [0.15, 0.2) is 11.8 Å². The summed E-state index contributed by atoms with van der Waals surface area (Å²) in [5, 5.41) is 10.8. The highest BCUT2D eigenvalue weighted by Crippen LogP contribution is 2.26. The molecule has 0 aliphatic carbocycles. The van der Waals surface area contributed by atoms with Crippen molar-refractivity contribution >= 4 is 29.2 Å². The van der Waals surface area contributed by atoms with Gasteiger partial charge in [0.05, 0.1) is 10.6 Å². The maximum atomic E-state index is 12.7. The molecular weight excluding hydrogens is 380 g/mol. The number of imide groups is 1. The summed E-state index contributed by atoms with van der Waals surface area (Å²) in [5.74, 6) is -1.45. The SMILES string of the molecule is CNC(=O)NC(=O)[C@H](C)OC(=O)c1cc(-c2cccs2)nn1-c1ccccc1. The van der Waals surface area contributed by atoms with Crippen molar-refractivity contribution in [2.75, 3.05) is 7.05 Å². The third kappa shape index (κ3) is 4.26. The lowest BCUT2D eigenvalue weighted by Crippen LogP contribution is -2.43. The summed E-state index contributed by atoms with van der Waals surface area (Å²) in [6.07, 6.45) is -1.16. The van der Waals surface area contributed by atoms with E-state index >= 15 is 0 Å². The van der Waals surface area contributed by atoms with Crippen molar-refractivity contribution in [3.8, 4) is 16.3 Å². The van der Waals surface area contributed by atoms with Crippen LogP contribution in [0.5, 0.6) is 0 Å². The van der Waals surface area contributed by atoms with Gasteiger partial charge in [-0.3, -0.25) is 10.1 Å². The largest absolute Gasteiger partial charge is 0.448 e. The molecule has 9 heteroatoms. The molecule has 0 unspecified atom stereocenters. The van der Waals surface area contributed by atoms with Gasteiger partial charge in [-0.05, 0) is 30.5 Å². The third-order valence-electron chi connectivity index (χ3n) is 3.81. The van der Waals surface area contributed by atoms with Crippen molar-refractivity contribution in [2.45, 2.75) is 13.0 Å². The molecule has 0 bridgehead atoms. The average molecular weight is 398 g/mol. The molecule has 0 radical (unpaired) electrons. The molecule has 2 N–H and O–H groups in total. The first-order valence-electron chi connectivity index (χ1n) is 8.42. The predicted molar refractivity (Wildman–Crippen MR) is 104 cm³/mol. The highest BCUT2D eigenvalue weighted by Gasteiger charge is 2.24. The fourth-order valence-electron chi connectivity index (χ4n) is 2.39. The van der Waals surface area contributed by atoms with Crippen LogP contribution in [0.2, 0.25) is 0 Å². The Labute approximate surface area is 165 Å². The lowest BCUT2D eigenvalue weighted by molar-refractivity contribution is -0.127. The Morgan fingerprint density at radius 3 is 2.54 bits per heavy atom. The van der Waals surface area contributed by atoms with Crippen LogP contribution < -0.4 is 10.6 Å². The number of nitrogens with one attached hydrogen (secondary N) is 2. The molecule has 28 heavy (non-hydrogen) atoms. The molecule has 8 nitrogen and oxygen atoms in total. The highest BCUT2D eigenvalue weighted by molar-refractivity contribution is 7.13. The zero-order valence-corrected chi connectivity index (χ0v) is 16.0. The van der Waals surface area contributed by atoms with Crippen molar-refractivity contribution in [1.29, 1.82) is 0 Å². The molecule has 1 atom stereocenters. The van der Waals surface area contributed by atoms with E-state index in [1.54, 1.807) is 6.07 Å². The summed E-state index contributed by atoms with van der Waals surface area (Å²) < 4.78 is 6.72. The number of thiophene rings is 1. The quantitative estimate of drug-likeness (QED) is 0.643. The summed E-state index contributed by atoms with van der Waals surface area (Å²) in [4.78, 5) is 36.8. The van der Waals surface area contributed by atoms with Gasteiger partial charge in [-0.2, -0.15) is 5.10 Å². The van der Waals surface area contributed by atoms with Crippen molar-refractivity contribution < 1.29 is 19.1 Å². The molecule has 0 fully saturated rings. The van der Waals surface area contributed by atoms with Crippen LogP contribution in [0.15, 0.2) is 53.9 Å². The van der Waals surface area contributed by atoms with E-state index in [1.807, 2.05) is 47.8 Å². The maximum absolute atomic E-state index is 12.7. The minimum absolute atomic E-state index is 0.175. The number of para-hydroxylation sites is 1. The number of carbonyl (C=O) groups excluding carboxylic acids is 3. The van der Waals surface area contributed by atoms with Gasteiger partial charge >= 0.3 is 12.0 Å². The summed E-state index contributed by atoms with van der Waals surface area (Å²) >= 11 is 1.50. The van der Waals surface area contributed by atoms with Gasteiger partial charge in [0.1, 0.15) is 5.69 Å². The van der Waals surface area contributed by atoms with Crippen molar-refractivity contribution in [1.82, 2.24) is 20.4 Å². The Morgan fingerprint density at radius 1 is 1.14 bits per heavy atom. The normalized spacial score (nSPS) is 11.5. The molecule has 0 saturated heterocycles. The summed E-state index contributed by atoms with van der Waals surface area (Å²) in [6.45, 7) is 1.39. The topological polar surface area (TPSA) is 102 Å². The number of amides is 3. The molecule has 2 heterocycles. The Balaban J connectivity index is 1.88. The molecule has 3 aromatic rings. The third-order valence-corrected chi connectivity index (χ3v) is 4.70. The summed E-state index contributed by atoms with van der Waals surface area (Å²) in [6, 6.07) is 13.9. The standard InChI is InChI=1S/C19H18N4O4S/c1-12(17(24)21-19(26)20-2)27-18(25)15-11-14(16-9-6-10-28-16)22-23(15)13-7-4-3-5-8-13/h3-12H,1-2H3,(H2,20,21,24,26)/t12-/m0/s1. The molecule has 3 rings (SSSR count). The number of urea groups is 1. The second kappa shape index (κ2) is 8.49. The minimum atomic E-state index is -1.16. The molecule has 144 valence electrons. The van der Waals surface area contributed by atoms with Crippen LogP contribution >= 0.6 is 11.3 Å². The van der Waals surface area contributed by atoms with Crippen molar-refractivity contribution in [3.63, 3.8) is 0 Å². The number of nitrogens with zero attached hydrogens (tertiary/aromatic N) is 2. The number of ether oxygens (including phenoxy) is 1. The van der Waals surface area contributed by atoms with Crippen LogP contribution in [0, 0.1) is 0 Å². The number of esters is 1. The predicted octanol–water partition coefficient (Wildman–Crippen LogP) is 2.60. The molecular formula is C19H18N4O4S. The van der Waals surface area contributed by atoms with E-state index in [9.17, 15) is 14.4 Å². The lowest BCUT2D eigenvalue weighted by Gasteiger charge is -2.13. The van der Waals surface area contributed by atoms with Crippen LogP contribution in [0.3, 0.4) is 0 Å². The zero-order valence-electron chi connectivity index (χ0n) is 15.2. The van der Waals surface area contributed by atoms with Crippen molar-refractivity contribution in [2.24, 2.45) is 0 Å². The molecule has 2 aromatic heterocycles. The van der Waals surface area contributed by atoms with Gasteiger partial charge in [-0.1, -0.05) is 24.3 Å². The van der Waals surface area contributed by atoms with Crippen LogP contribution in [-0.2, 0) is 9.53 Å². The number of carbonyl (C=O) groups is 3. The summed E-state index contributed by atoms with van der Waals surface area (Å²) in [7, 11) is 1.38. The van der Waals surface area contributed by atoms with Crippen LogP contribution in [0.25, 0.3) is 16.3 Å². The Morgan fingerprint density at radius 2 is 1.89 bits per heavy atom. The number of aromatic nitrogens is 2. The van der Waals surface area contributed by atoms with E-state index in [1.165, 1.54) is 30.0 Å². The van der Waals surface area contributed by atoms with E-state index in [0.717, 1.165) is 4.88 Å². The van der Waals surface area contributed by atoms with Gasteiger partial charge in [0, 0.05) is 13.1 Å². The Kier molecular flexibility index (Phi) is 5.85. The van der Waals surface area contributed by atoms with Gasteiger partial charge in [0.2, 0.25) is 0 Å². The molecule has 1 aromatic carbocycles. The number of hydrogen-bond acceptors (Lipinski definition) is 6.